The number of rotatable bonds is 4. The molecule has 1 aliphatic heterocycles. The lowest BCUT2D eigenvalue weighted by Gasteiger charge is -2.37. The Morgan fingerprint density at radius 2 is 1.94 bits per heavy atom. The third-order valence-electron chi connectivity index (χ3n) is 4.82. The zero-order valence-corrected chi connectivity index (χ0v) is 19.3. The molecule has 2 aromatic rings. The largest absolute Gasteiger partial charge is 0.493 e. The van der Waals surface area contributed by atoms with Gasteiger partial charge in [-0.2, -0.15) is 13.2 Å². The third-order valence-corrected chi connectivity index (χ3v) is 4.82. The predicted molar refractivity (Wildman–Crippen MR) is 119 cm³/mol. The van der Waals surface area contributed by atoms with Crippen LogP contribution in [0.25, 0.3) is 0 Å². The molecule has 0 aliphatic carbocycles. The monoisotopic (exact) mass is 479 g/mol. The number of hydrogen-bond donors (Lipinski definition) is 1. The van der Waals surface area contributed by atoms with Crippen LogP contribution in [-0.4, -0.2) is 36.0 Å². The van der Waals surface area contributed by atoms with Crippen molar-refractivity contribution in [2.45, 2.75) is 38.9 Å². The number of amides is 1. The minimum atomic E-state index is -4.62. The summed E-state index contributed by atoms with van der Waals surface area (Å²) >= 11 is 0. The molecule has 0 spiro atoms. The van der Waals surface area contributed by atoms with Crippen LogP contribution in [0.3, 0.4) is 0 Å². The number of aromatic nitrogens is 1. The molecule has 1 amide bonds. The van der Waals surface area contributed by atoms with Gasteiger partial charge >= 0.3 is 6.18 Å². The number of halogens is 5. The number of ether oxygens (including phenoxy) is 1. The minimum absolute atomic E-state index is 0. The molecular weight excluding hydrogens is 454 g/mol. The maximum atomic E-state index is 13.3. The fraction of sp³-hybridized carbons (Fsp3) is 0.429. The number of carbonyl (C=O) groups excluding carboxylic acids is 1. The maximum Gasteiger partial charge on any atom is 0.419 e. The molecule has 0 unspecified atom stereocenters. The van der Waals surface area contributed by atoms with Crippen molar-refractivity contribution in [3.63, 3.8) is 0 Å². The van der Waals surface area contributed by atoms with Gasteiger partial charge in [0.25, 0.3) is 5.91 Å². The Bertz CT molecular complexity index is 937. The first-order valence-corrected chi connectivity index (χ1v) is 9.34. The van der Waals surface area contributed by atoms with Crippen LogP contribution in [0.2, 0.25) is 0 Å². The van der Waals surface area contributed by atoms with E-state index in [0.29, 0.717) is 12.2 Å². The molecule has 0 radical (unpaired) electrons. The van der Waals surface area contributed by atoms with Gasteiger partial charge in [0.1, 0.15) is 5.75 Å². The van der Waals surface area contributed by atoms with Crippen molar-refractivity contribution >= 4 is 36.4 Å². The number of hydrogen-bond acceptors (Lipinski definition) is 4. The van der Waals surface area contributed by atoms with E-state index >= 15 is 0 Å². The number of nitrogens with one attached hydrogen (secondary N) is 1. The highest BCUT2D eigenvalue weighted by Gasteiger charge is 2.35. The van der Waals surface area contributed by atoms with Crippen LogP contribution in [0.15, 0.2) is 30.5 Å². The summed E-state index contributed by atoms with van der Waals surface area (Å²) in [5.74, 6) is -0.930. The molecule has 1 N–H and O–H groups in total. The fourth-order valence-corrected chi connectivity index (χ4v) is 3.78. The van der Waals surface area contributed by atoms with Gasteiger partial charge in [0, 0.05) is 24.1 Å². The van der Waals surface area contributed by atoms with E-state index in [1.807, 2.05) is 13.1 Å². The summed E-state index contributed by atoms with van der Waals surface area (Å²) in [6.07, 6.45) is -3.08. The number of carbonyl (C=O) groups is 1. The van der Waals surface area contributed by atoms with Gasteiger partial charge in [-0.1, -0.05) is 13.8 Å². The Labute approximate surface area is 192 Å². The van der Waals surface area contributed by atoms with Crippen molar-refractivity contribution in [2.75, 3.05) is 25.5 Å². The first kappa shape index (κ1) is 27.0. The number of likely N-dealkylation sites (N-methyl/N-ethyl adjacent to an activating group) is 1. The summed E-state index contributed by atoms with van der Waals surface area (Å²) in [5.41, 5.74) is 1.21. The zero-order valence-electron chi connectivity index (χ0n) is 17.7. The molecule has 172 valence electrons. The van der Waals surface area contributed by atoms with E-state index in [0.717, 1.165) is 23.9 Å². The average Bonchev–Trinajstić information content (AvgIpc) is 2.60. The number of anilines is 1. The molecule has 0 saturated heterocycles. The normalized spacial score (nSPS) is 15.2. The summed E-state index contributed by atoms with van der Waals surface area (Å²) < 4.78 is 45.0. The highest BCUT2D eigenvalue weighted by molar-refractivity contribution is 6.04. The Morgan fingerprint density at radius 1 is 1.26 bits per heavy atom. The molecular formula is C21H26Cl2F3N3O2. The predicted octanol–water partition coefficient (Wildman–Crippen LogP) is 5.32. The quantitative estimate of drug-likeness (QED) is 0.644. The molecule has 1 aliphatic rings. The summed E-state index contributed by atoms with van der Waals surface area (Å²) in [4.78, 5) is 19.2. The number of fused-ring (bicyclic) bond motifs is 1. The molecule has 0 atom stereocenters. The first-order valence-electron chi connectivity index (χ1n) is 9.34. The van der Waals surface area contributed by atoms with Gasteiger partial charge in [0.2, 0.25) is 0 Å². The summed E-state index contributed by atoms with van der Waals surface area (Å²) in [6.45, 7) is 7.46. The summed E-state index contributed by atoms with van der Waals surface area (Å²) in [7, 11) is 2.01. The van der Waals surface area contributed by atoms with Crippen LogP contribution in [-0.2, 0) is 18.1 Å². The molecule has 3 rings (SSSR count). The van der Waals surface area contributed by atoms with Gasteiger partial charge in [-0.15, -0.1) is 24.8 Å². The Hall–Kier alpha value is -2.03. The second kappa shape index (κ2) is 10.1. The van der Waals surface area contributed by atoms with Crippen LogP contribution >= 0.6 is 24.8 Å². The van der Waals surface area contributed by atoms with E-state index in [1.54, 1.807) is 13.1 Å². The number of nitrogens with zero attached hydrogens (tertiary/aromatic N) is 2. The Balaban J connectivity index is 0.00000240. The van der Waals surface area contributed by atoms with Crippen LogP contribution in [0.1, 0.15) is 48.0 Å². The van der Waals surface area contributed by atoms with Crippen molar-refractivity contribution in [3.8, 4) is 5.75 Å². The molecule has 0 saturated carbocycles. The maximum absolute atomic E-state index is 13.3. The van der Waals surface area contributed by atoms with Crippen LogP contribution in [0.5, 0.6) is 5.75 Å². The van der Waals surface area contributed by atoms with Crippen molar-refractivity contribution in [1.29, 1.82) is 0 Å². The topological polar surface area (TPSA) is 54.5 Å². The van der Waals surface area contributed by atoms with Gasteiger partial charge in [-0.25, -0.2) is 0 Å². The second-order valence-electron chi connectivity index (χ2n) is 7.88. The average molecular weight is 480 g/mol. The molecule has 2 heterocycles. The zero-order chi connectivity index (χ0) is 21.4. The Kier molecular flexibility index (Phi) is 8.76. The minimum Gasteiger partial charge on any atom is -0.493 e. The smallest absolute Gasteiger partial charge is 0.419 e. The van der Waals surface area contributed by atoms with Gasteiger partial charge in [-0.3, -0.25) is 9.78 Å². The Morgan fingerprint density at radius 3 is 2.55 bits per heavy atom. The lowest BCUT2D eigenvalue weighted by molar-refractivity contribution is -0.138. The molecule has 5 nitrogen and oxygen atoms in total. The highest BCUT2D eigenvalue weighted by Crippen LogP contribution is 2.37. The lowest BCUT2D eigenvalue weighted by atomic mass is 9.82. The molecule has 1 aromatic heterocycles. The number of benzene rings is 1. The summed E-state index contributed by atoms with van der Waals surface area (Å²) in [5, 5.41) is 2.65. The van der Waals surface area contributed by atoms with Gasteiger partial charge in [0.15, 0.2) is 0 Å². The van der Waals surface area contributed by atoms with Crippen molar-refractivity contribution in [3.05, 3.63) is 52.8 Å². The van der Waals surface area contributed by atoms with Gasteiger partial charge < -0.3 is 15.0 Å². The summed E-state index contributed by atoms with van der Waals surface area (Å²) in [6, 6.07) is 5.13. The van der Waals surface area contributed by atoms with Gasteiger partial charge in [0.05, 0.1) is 29.7 Å². The molecule has 10 heteroatoms. The fourth-order valence-electron chi connectivity index (χ4n) is 3.78. The molecule has 0 fully saturated rings. The van der Waals surface area contributed by atoms with E-state index in [4.69, 9.17) is 4.74 Å². The van der Waals surface area contributed by atoms with Crippen LogP contribution in [0.4, 0.5) is 18.9 Å². The first-order chi connectivity index (χ1) is 13.5. The van der Waals surface area contributed by atoms with Crippen molar-refractivity contribution < 1.29 is 22.7 Å². The van der Waals surface area contributed by atoms with Crippen molar-refractivity contribution in [2.24, 2.45) is 0 Å². The second-order valence-corrected chi connectivity index (χ2v) is 7.88. The van der Waals surface area contributed by atoms with E-state index in [-0.39, 0.29) is 48.1 Å². The van der Waals surface area contributed by atoms with Crippen LogP contribution < -0.4 is 10.1 Å². The third kappa shape index (κ3) is 6.02. The standard InChI is InChI=1S/C21H24F3N3O2.2ClH/c1-5-29-17-7-6-13(9-16(17)21(22,23)24)19(28)26-15-8-14-11-27(4)12-20(2,3)18(14)25-10-15;;/h6-10H,5,11-12H2,1-4H3,(H,26,28);2*1H. The SMILES string of the molecule is CCOc1ccc(C(=O)Nc2cnc3c(c2)CN(C)CC3(C)C)cc1C(F)(F)F.Cl.Cl. The molecule has 0 bridgehead atoms. The van der Waals surface area contributed by atoms with Crippen molar-refractivity contribution in [1.82, 2.24) is 9.88 Å². The highest BCUT2D eigenvalue weighted by atomic mass is 35.5. The van der Waals surface area contributed by atoms with Crippen LogP contribution in [0, 0.1) is 0 Å². The van der Waals surface area contributed by atoms with E-state index in [1.165, 1.54) is 12.1 Å². The number of pyridine rings is 1. The van der Waals surface area contributed by atoms with E-state index in [2.05, 4.69) is 29.0 Å². The van der Waals surface area contributed by atoms with E-state index < -0.39 is 17.6 Å². The van der Waals surface area contributed by atoms with E-state index in [9.17, 15) is 18.0 Å². The van der Waals surface area contributed by atoms with Gasteiger partial charge in [-0.05, 0) is 43.8 Å². The molecule has 1 aromatic carbocycles. The lowest BCUT2D eigenvalue weighted by Crippen LogP contribution is -2.40. The molecule has 31 heavy (non-hydrogen) atoms. The number of alkyl halides is 3.